The molecule has 5 rings (SSSR count). The van der Waals surface area contributed by atoms with Gasteiger partial charge in [-0.2, -0.15) is 0 Å². The third-order valence-corrected chi connectivity index (χ3v) is 6.93. The fraction of sp³-hybridized carbons (Fsp3) is 0.188. The molecule has 0 spiro atoms. The van der Waals surface area contributed by atoms with Crippen LogP contribution in [0.15, 0.2) is 97.1 Å². The third kappa shape index (κ3) is 5.74. The largest absolute Gasteiger partial charge is 0.464 e. The molecule has 4 aromatic carbocycles. The number of rotatable bonds is 8. The molecule has 5 nitrogen and oxygen atoms in total. The van der Waals surface area contributed by atoms with E-state index in [0.29, 0.717) is 23.6 Å². The molecule has 0 bridgehead atoms. The van der Waals surface area contributed by atoms with Crippen LogP contribution in [0.2, 0.25) is 5.02 Å². The number of nitrogens with one attached hydrogen (secondary N) is 1. The number of fused-ring (bicyclic) bond motifs is 1. The van der Waals surface area contributed by atoms with E-state index >= 15 is 0 Å². The first-order valence-electron chi connectivity index (χ1n) is 12.6. The van der Waals surface area contributed by atoms with Crippen LogP contribution in [0.4, 0.5) is 0 Å². The van der Waals surface area contributed by atoms with E-state index in [1.807, 2.05) is 91.0 Å². The van der Waals surface area contributed by atoms with Crippen molar-refractivity contribution >= 4 is 23.5 Å². The fourth-order valence-electron chi connectivity index (χ4n) is 4.85. The van der Waals surface area contributed by atoms with Crippen LogP contribution in [-0.4, -0.2) is 24.0 Å². The van der Waals surface area contributed by atoms with Crippen molar-refractivity contribution in [1.82, 2.24) is 5.32 Å². The number of ether oxygens (including phenoxy) is 2. The van der Waals surface area contributed by atoms with Gasteiger partial charge in [0, 0.05) is 17.9 Å². The Bertz CT molecular complexity index is 1440. The molecule has 38 heavy (non-hydrogen) atoms. The van der Waals surface area contributed by atoms with Gasteiger partial charge in [0.05, 0.1) is 13.0 Å². The van der Waals surface area contributed by atoms with Crippen LogP contribution in [0.25, 0.3) is 11.1 Å². The van der Waals surface area contributed by atoms with E-state index in [2.05, 4.69) is 11.4 Å². The van der Waals surface area contributed by atoms with Gasteiger partial charge in [-0.15, -0.1) is 0 Å². The molecule has 0 heterocycles. The van der Waals surface area contributed by atoms with Crippen LogP contribution in [0, 0.1) is 0 Å². The second-order valence-electron chi connectivity index (χ2n) is 9.43. The zero-order valence-corrected chi connectivity index (χ0v) is 21.8. The van der Waals surface area contributed by atoms with Gasteiger partial charge in [0.15, 0.2) is 0 Å². The molecule has 1 aliphatic rings. The highest BCUT2D eigenvalue weighted by Gasteiger charge is 2.46. The molecular formula is C32H28ClNO4. The Morgan fingerprint density at radius 3 is 2.18 bits per heavy atom. The molecule has 1 aliphatic carbocycles. The minimum Gasteiger partial charge on any atom is -0.464 e. The van der Waals surface area contributed by atoms with Gasteiger partial charge in [-0.1, -0.05) is 72.3 Å². The minimum absolute atomic E-state index is 0.138. The Hall–Kier alpha value is -4.09. The molecule has 1 unspecified atom stereocenters. The van der Waals surface area contributed by atoms with Gasteiger partial charge in [-0.25, -0.2) is 4.79 Å². The lowest BCUT2D eigenvalue weighted by Gasteiger charge is -2.28. The maximum absolute atomic E-state index is 13.2. The SMILES string of the molecule is CCOC(=O)C1(NC(=O)Cc2ccc(Oc3ccccc3)cc2)Cc2ccc(-c3ccc(Cl)cc3)cc2C1. The molecule has 0 aromatic heterocycles. The topological polar surface area (TPSA) is 64.6 Å². The van der Waals surface area contributed by atoms with Crippen molar-refractivity contribution < 1.29 is 19.1 Å². The zero-order valence-electron chi connectivity index (χ0n) is 21.1. The molecule has 0 saturated carbocycles. The Labute approximate surface area is 227 Å². The predicted molar refractivity (Wildman–Crippen MR) is 148 cm³/mol. The number of hydrogen-bond acceptors (Lipinski definition) is 4. The summed E-state index contributed by atoms with van der Waals surface area (Å²) in [5.41, 5.74) is 3.80. The number of benzene rings is 4. The molecule has 4 aromatic rings. The molecule has 1 atom stereocenters. The number of halogens is 1. The molecule has 0 aliphatic heterocycles. The number of esters is 1. The summed E-state index contributed by atoms with van der Waals surface area (Å²) in [5.74, 6) is 0.783. The van der Waals surface area contributed by atoms with Crippen LogP contribution < -0.4 is 10.1 Å². The van der Waals surface area contributed by atoms with Crippen LogP contribution >= 0.6 is 11.6 Å². The Morgan fingerprint density at radius 2 is 1.47 bits per heavy atom. The van der Waals surface area contributed by atoms with E-state index in [4.69, 9.17) is 21.1 Å². The van der Waals surface area contributed by atoms with Gasteiger partial charge < -0.3 is 14.8 Å². The molecule has 0 saturated heterocycles. The summed E-state index contributed by atoms with van der Waals surface area (Å²) in [6, 6.07) is 30.7. The summed E-state index contributed by atoms with van der Waals surface area (Å²) >= 11 is 6.04. The standard InChI is InChI=1S/C32H28ClNO4/c1-2-37-31(36)32(20-25-11-10-24(19-26(25)21-32)23-12-14-27(33)15-13-23)34-30(35)18-22-8-16-29(17-9-22)38-28-6-4-3-5-7-28/h3-17,19H,2,18,20-21H2,1H3,(H,34,35). The summed E-state index contributed by atoms with van der Waals surface area (Å²) in [7, 11) is 0. The molecule has 1 N–H and O–H groups in total. The number of para-hydroxylation sites is 1. The smallest absolute Gasteiger partial charge is 0.332 e. The maximum Gasteiger partial charge on any atom is 0.332 e. The first kappa shape index (κ1) is 25.6. The van der Waals surface area contributed by atoms with Gasteiger partial charge >= 0.3 is 5.97 Å². The van der Waals surface area contributed by atoms with Crippen molar-refractivity contribution in [3.63, 3.8) is 0 Å². The van der Waals surface area contributed by atoms with Crippen molar-refractivity contribution in [1.29, 1.82) is 0 Å². The van der Waals surface area contributed by atoms with Gasteiger partial charge in [0.1, 0.15) is 17.0 Å². The quantitative estimate of drug-likeness (QED) is 0.265. The third-order valence-electron chi connectivity index (χ3n) is 6.68. The van der Waals surface area contributed by atoms with Crippen molar-refractivity contribution in [2.45, 2.75) is 31.7 Å². The van der Waals surface area contributed by atoms with Crippen LogP contribution in [0.3, 0.4) is 0 Å². The van der Waals surface area contributed by atoms with E-state index in [9.17, 15) is 9.59 Å². The van der Waals surface area contributed by atoms with Crippen molar-refractivity contribution in [2.75, 3.05) is 6.61 Å². The van der Waals surface area contributed by atoms with Gasteiger partial charge in [-0.05, 0) is 71.1 Å². The van der Waals surface area contributed by atoms with Crippen LogP contribution in [-0.2, 0) is 33.6 Å². The Kier molecular flexibility index (Phi) is 7.47. The molecule has 0 fully saturated rings. The van der Waals surface area contributed by atoms with Gasteiger partial charge in [0.2, 0.25) is 5.91 Å². The lowest BCUT2D eigenvalue weighted by Crippen LogP contribution is -2.56. The molecule has 6 heteroatoms. The lowest BCUT2D eigenvalue weighted by atomic mass is 9.95. The highest BCUT2D eigenvalue weighted by Crippen LogP contribution is 2.35. The lowest BCUT2D eigenvalue weighted by molar-refractivity contribution is -0.153. The average molecular weight is 526 g/mol. The number of hydrogen-bond donors (Lipinski definition) is 1. The van der Waals surface area contributed by atoms with Crippen LogP contribution in [0.1, 0.15) is 23.6 Å². The van der Waals surface area contributed by atoms with E-state index in [-0.39, 0.29) is 18.9 Å². The summed E-state index contributed by atoms with van der Waals surface area (Å²) in [5, 5.41) is 3.71. The predicted octanol–water partition coefficient (Wildman–Crippen LogP) is 6.56. The monoisotopic (exact) mass is 525 g/mol. The fourth-order valence-corrected chi connectivity index (χ4v) is 4.97. The molecular weight excluding hydrogens is 498 g/mol. The number of amides is 1. The number of carbonyl (C=O) groups is 2. The van der Waals surface area contributed by atoms with Crippen molar-refractivity contribution in [2.24, 2.45) is 0 Å². The van der Waals surface area contributed by atoms with E-state index in [1.54, 1.807) is 6.92 Å². The molecule has 192 valence electrons. The maximum atomic E-state index is 13.2. The summed E-state index contributed by atoms with van der Waals surface area (Å²) in [6.07, 6.45) is 0.898. The first-order chi connectivity index (χ1) is 18.4. The summed E-state index contributed by atoms with van der Waals surface area (Å²) in [6.45, 7) is 2.01. The second kappa shape index (κ2) is 11.1. The minimum atomic E-state index is -1.13. The average Bonchev–Trinajstić information content (AvgIpc) is 3.29. The highest BCUT2D eigenvalue weighted by atomic mass is 35.5. The molecule has 1 amide bonds. The zero-order chi connectivity index (χ0) is 26.5. The normalized spacial score (nSPS) is 15.9. The summed E-state index contributed by atoms with van der Waals surface area (Å²) < 4.78 is 11.3. The number of carbonyl (C=O) groups excluding carboxylic acids is 2. The molecule has 0 radical (unpaired) electrons. The first-order valence-corrected chi connectivity index (χ1v) is 13.0. The van der Waals surface area contributed by atoms with Gasteiger partial charge in [-0.3, -0.25) is 4.79 Å². The second-order valence-corrected chi connectivity index (χ2v) is 9.87. The van der Waals surface area contributed by atoms with Gasteiger partial charge in [0.25, 0.3) is 0 Å². The van der Waals surface area contributed by atoms with E-state index < -0.39 is 11.5 Å². The Morgan fingerprint density at radius 1 is 0.816 bits per heavy atom. The van der Waals surface area contributed by atoms with E-state index in [1.165, 1.54) is 0 Å². The van der Waals surface area contributed by atoms with Crippen molar-refractivity contribution in [3.05, 3.63) is 119 Å². The van der Waals surface area contributed by atoms with Crippen LogP contribution in [0.5, 0.6) is 11.5 Å². The van der Waals surface area contributed by atoms with E-state index in [0.717, 1.165) is 33.6 Å². The Balaban J connectivity index is 1.30. The highest BCUT2D eigenvalue weighted by molar-refractivity contribution is 6.30. The summed E-state index contributed by atoms with van der Waals surface area (Å²) in [4.78, 5) is 26.3. The van der Waals surface area contributed by atoms with Crippen molar-refractivity contribution in [3.8, 4) is 22.6 Å².